The summed E-state index contributed by atoms with van der Waals surface area (Å²) in [5, 5.41) is 3.55. The molecular weight excluding hydrogens is 467 g/mol. The zero-order chi connectivity index (χ0) is 18.3. The third-order valence-electron chi connectivity index (χ3n) is 5.16. The molecule has 1 aromatic heterocycles. The van der Waals surface area contributed by atoms with Gasteiger partial charge in [0, 0.05) is 44.8 Å². The van der Waals surface area contributed by atoms with Gasteiger partial charge >= 0.3 is 0 Å². The van der Waals surface area contributed by atoms with Crippen molar-refractivity contribution in [2.45, 2.75) is 12.8 Å². The molecule has 0 saturated carbocycles. The van der Waals surface area contributed by atoms with Gasteiger partial charge in [-0.1, -0.05) is 18.2 Å². The number of halogens is 1. The highest BCUT2D eigenvalue weighted by Gasteiger charge is 2.22. The Labute approximate surface area is 184 Å². The van der Waals surface area contributed by atoms with E-state index in [1.54, 1.807) is 6.26 Å². The Morgan fingerprint density at radius 2 is 1.93 bits per heavy atom. The second-order valence-electron chi connectivity index (χ2n) is 6.95. The van der Waals surface area contributed by atoms with Crippen LogP contribution in [0.3, 0.4) is 0 Å². The van der Waals surface area contributed by atoms with Crippen LogP contribution < -0.4 is 10.2 Å². The molecule has 0 aliphatic carbocycles. The first kappa shape index (κ1) is 21.1. The normalized spacial score (nSPS) is 17.3. The van der Waals surface area contributed by atoms with E-state index in [0.717, 1.165) is 77.0 Å². The van der Waals surface area contributed by atoms with Crippen LogP contribution >= 0.6 is 24.0 Å². The number of hydrogen-bond donors (Lipinski definition) is 1. The highest BCUT2D eigenvalue weighted by Crippen LogP contribution is 2.27. The van der Waals surface area contributed by atoms with Gasteiger partial charge in [0.1, 0.15) is 5.76 Å². The maximum atomic E-state index is 5.45. The van der Waals surface area contributed by atoms with Gasteiger partial charge in [0.05, 0.1) is 26.0 Å². The number of guanidine groups is 1. The lowest BCUT2D eigenvalue weighted by molar-refractivity contribution is 0.0394. The lowest BCUT2D eigenvalue weighted by atomic mass is 10.2. The molecule has 0 atom stereocenters. The lowest BCUT2D eigenvalue weighted by Gasteiger charge is -2.26. The van der Waals surface area contributed by atoms with E-state index in [2.05, 4.69) is 39.4 Å². The molecule has 2 aliphatic rings. The van der Waals surface area contributed by atoms with Crippen molar-refractivity contribution in [2.75, 3.05) is 57.4 Å². The molecule has 0 unspecified atom stereocenters. The quantitative estimate of drug-likeness (QED) is 0.379. The number of ether oxygens (including phenoxy) is 1. The minimum absolute atomic E-state index is 0. The molecule has 4 rings (SSSR count). The van der Waals surface area contributed by atoms with E-state index in [0.29, 0.717) is 0 Å². The summed E-state index contributed by atoms with van der Waals surface area (Å²) < 4.78 is 10.9. The SMILES string of the molecule is I.c1coc(CCNC(=NCCN2CCOCC2)N2CCc3ccccc32)c1. The molecule has 2 aliphatic heterocycles. The first-order chi connectivity index (χ1) is 13.4. The molecule has 0 amide bonds. The topological polar surface area (TPSA) is 53.2 Å². The molecule has 0 bridgehead atoms. The minimum Gasteiger partial charge on any atom is -0.469 e. The molecule has 28 heavy (non-hydrogen) atoms. The number of aliphatic imine (C=N–C) groups is 1. The Morgan fingerprint density at radius 1 is 1.07 bits per heavy atom. The van der Waals surface area contributed by atoms with Crippen LogP contribution in [-0.4, -0.2) is 63.3 Å². The number of furan rings is 1. The molecule has 1 N–H and O–H groups in total. The molecule has 152 valence electrons. The first-order valence-corrected chi connectivity index (χ1v) is 9.86. The summed E-state index contributed by atoms with van der Waals surface area (Å²) in [5.74, 6) is 1.97. The molecule has 1 aromatic carbocycles. The molecule has 6 nitrogen and oxygen atoms in total. The molecule has 1 fully saturated rings. The summed E-state index contributed by atoms with van der Waals surface area (Å²) in [6.07, 6.45) is 3.65. The average Bonchev–Trinajstić information content (AvgIpc) is 3.37. The predicted molar refractivity (Wildman–Crippen MR) is 123 cm³/mol. The van der Waals surface area contributed by atoms with Crippen molar-refractivity contribution >= 4 is 35.6 Å². The summed E-state index contributed by atoms with van der Waals surface area (Å²) in [6.45, 7) is 7.22. The molecule has 3 heterocycles. The monoisotopic (exact) mass is 496 g/mol. The summed E-state index contributed by atoms with van der Waals surface area (Å²) in [6, 6.07) is 12.6. The van der Waals surface area contributed by atoms with Gasteiger partial charge in [-0.05, 0) is 30.2 Å². The van der Waals surface area contributed by atoms with E-state index in [4.69, 9.17) is 14.1 Å². The van der Waals surface area contributed by atoms with Crippen LogP contribution in [0.25, 0.3) is 0 Å². The van der Waals surface area contributed by atoms with Crippen LogP contribution in [0.2, 0.25) is 0 Å². The van der Waals surface area contributed by atoms with Crippen LogP contribution in [-0.2, 0) is 17.6 Å². The summed E-state index contributed by atoms with van der Waals surface area (Å²) in [7, 11) is 0. The number of anilines is 1. The fourth-order valence-corrected chi connectivity index (χ4v) is 3.67. The average molecular weight is 496 g/mol. The van der Waals surface area contributed by atoms with Gasteiger partial charge in [0.15, 0.2) is 5.96 Å². The van der Waals surface area contributed by atoms with Crippen LogP contribution in [0.1, 0.15) is 11.3 Å². The van der Waals surface area contributed by atoms with Gasteiger partial charge in [0.2, 0.25) is 0 Å². The van der Waals surface area contributed by atoms with Crippen molar-refractivity contribution < 1.29 is 9.15 Å². The van der Waals surface area contributed by atoms with Crippen molar-refractivity contribution in [1.29, 1.82) is 0 Å². The third-order valence-corrected chi connectivity index (χ3v) is 5.16. The number of hydrogen-bond acceptors (Lipinski definition) is 4. The summed E-state index contributed by atoms with van der Waals surface area (Å²) in [5.41, 5.74) is 2.67. The second-order valence-corrected chi connectivity index (χ2v) is 6.95. The van der Waals surface area contributed by atoms with Crippen molar-refractivity contribution in [3.05, 3.63) is 54.0 Å². The highest BCUT2D eigenvalue weighted by atomic mass is 127. The zero-order valence-electron chi connectivity index (χ0n) is 16.2. The van der Waals surface area contributed by atoms with Crippen molar-refractivity contribution in [1.82, 2.24) is 10.2 Å². The van der Waals surface area contributed by atoms with Gasteiger partial charge in [-0.2, -0.15) is 0 Å². The maximum absolute atomic E-state index is 5.45. The van der Waals surface area contributed by atoms with E-state index >= 15 is 0 Å². The molecule has 0 radical (unpaired) electrons. The molecule has 1 saturated heterocycles. The van der Waals surface area contributed by atoms with Crippen LogP contribution in [0, 0.1) is 0 Å². The number of fused-ring (bicyclic) bond motifs is 1. The van der Waals surface area contributed by atoms with E-state index in [1.807, 2.05) is 12.1 Å². The highest BCUT2D eigenvalue weighted by molar-refractivity contribution is 14.0. The van der Waals surface area contributed by atoms with Gasteiger partial charge in [0.25, 0.3) is 0 Å². The first-order valence-electron chi connectivity index (χ1n) is 9.86. The van der Waals surface area contributed by atoms with E-state index in [1.165, 1.54) is 11.3 Å². The molecular formula is C21H29IN4O2. The summed E-state index contributed by atoms with van der Waals surface area (Å²) in [4.78, 5) is 9.67. The smallest absolute Gasteiger partial charge is 0.198 e. The Balaban J connectivity index is 0.00000225. The van der Waals surface area contributed by atoms with Gasteiger partial charge in [-0.25, -0.2) is 0 Å². The standard InChI is InChI=1S/C21H28N4O2.HI/c1-2-6-20-18(4-1)8-11-25(20)21(22-9-7-19-5-3-15-27-19)23-10-12-24-13-16-26-17-14-24;/h1-6,15H,7-14,16-17H2,(H,22,23);1H. The Bertz CT molecular complexity index is 745. The third kappa shape index (κ3) is 5.48. The van der Waals surface area contributed by atoms with Crippen molar-refractivity contribution in [2.24, 2.45) is 4.99 Å². The Kier molecular flexibility index (Phi) is 8.17. The van der Waals surface area contributed by atoms with Crippen molar-refractivity contribution in [3.8, 4) is 0 Å². The molecule has 2 aromatic rings. The number of para-hydroxylation sites is 1. The van der Waals surface area contributed by atoms with Gasteiger partial charge in [-0.15, -0.1) is 24.0 Å². The van der Waals surface area contributed by atoms with Gasteiger partial charge < -0.3 is 19.4 Å². The molecule has 0 spiro atoms. The van der Waals surface area contributed by atoms with E-state index in [-0.39, 0.29) is 24.0 Å². The second kappa shape index (κ2) is 10.8. The number of rotatable bonds is 6. The Hall–Kier alpha value is -1.58. The van der Waals surface area contributed by atoms with E-state index < -0.39 is 0 Å². The predicted octanol–water partition coefficient (Wildman–Crippen LogP) is 2.78. The number of nitrogens with zero attached hydrogens (tertiary/aromatic N) is 3. The van der Waals surface area contributed by atoms with E-state index in [9.17, 15) is 0 Å². The van der Waals surface area contributed by atoms with Crippen LogP contribution in [0.5, 0.6) is 0 Å². The van der Waals surface area contributed by atoms with Gasteiger partial charge in [-0.3, -0.25) is 9.89 Å². The van der Waals surface area contributed by atoms with Crippen molar-refractivity contribution in [3.63, 3.8) is 0 Å². The fraction of sp³-hybridized carbons (Fsp3) is 0.476. The Morgan fingerprint density at radius 3 is 2.75 bits per heavy atom. The fourth-order valence-electron chi connectivity index (χ4n) is 3.67. The number of nitrogens with one attached hydrogen (secondary N) is 1. The number of morpholine rings is 1. The largest absolute Gasteiger partial charge is 0.469 e. The molecule has 7 heteroatoms. The minimum atomic E-state index is 0. The number of benzene rings is 1. The summed E-state index contributed by atoms with van der Waals surface area (Å²) >= 11 is 0. The maximum Gasteiger partial charge on any atom is 0.198 e. The van der Waals surface area contributed by atoms with Crippen LogP contribution in [0.15, 0.2) is 52.1 Å². The lowest BCUT2D eigenvalue weighted by Crippen LogP contribution is -2.42. The zero-order valence-corrected chi connectivity index (χ0v) is 18.5. The van der Waals surface area contributed by atoms with Crippen LogP contribution in [0.4, 0.5) is 5.69 Å².